The van der Waals surface area contributed by atoms with Gasteiger partial charge in [0.2, 0.25) is 0 Å². The van der Waals surface area contributed by atoms with Gasteiger partial charge in [0.1, 0.15) is 0 Å². The van der Waals surface area contributed by atoms with Gasteiger partial charge in [0.15, 0.2) is 0 Å². The first-order valence-electron chi connectivity index (χ1n) is 7.74. The van der Waals surface area contributed by atoms with E-state index >= 15 is 0 Å². The Morgan fingerprint density at radius 3 is 2.47 bits per heavy atom. The molecule has 0 radical (unpaired) electrons. The maximum absolute atomic E-state index is 3.62. The number of benzene rings is 1. The predicted molar refractivity (Wildman–Crippen MR) is 86.5 cm³/mol. The van der Waals surface area contributed by atoms with Crippen molar-refractivity contribution in [1.82, 2.24) is 5.32 Å². The van der Waals surface area contributed by atoms with Crippen LogP contribution in [0.25, 0.3) is 0 Å². The fourth-order valence-corrected chi connectivity index (χ4v) is 3.47. The molecule has 0 amide bonds. The molecule has 0 saturated heterocycles. The van der Waals surface area contributed by atoms with E-state index in [-0.39, 0.29) is 0 Å². The summed E-state index contributed by atoms with van der Waals surface area (Å²) in [5, 5.41) is 3.62. The lowest BCUT2D eigenvalue weighted by atomic mass is 9.76. The van der Waals surface area contributed by atoms with Crippen LogP contribution in [0.4, 0.5) is 0 Å². The zero-order valence-electron chi connectivity index (χ0n) is 12.0. The standard InChI is InChI=1S/C17H26BrN/c1-2-11-19-13-16-6-4-3-5-15(16)12-14-7-9-17(18)10-8-14/h7-10,15-16,19H,2-6,11-13H2,1H3. The minimum absolute atomic E-state index is 0.874. The zero-order chi connectivity index (χ0) is 13.5. The lowest BCUT2D eigenvalue weighted by Gasteiger charge is -2.32. The topological polar surface area (TPSA) is 12.0 Å². The van der Waals surface area contributed by atoms with Crippen molar-refractivity contribution in [3.05, 3.63) is 34.3 Å². The molecular formula is C17H26BrN. The maximum atomic E-state index is 3.62. The van der Waals surface area contributed by atoms with Gasteiger partial charge in [0, 0.05) is 4.47 Å². The molecule has 2 heteroatoms. The molecule has 0 aromatic heterocycles. The normalized spacial score (nSPS) is 23.5. The first-order chi connectivity index (χ1) is 9.29. The molecule has 1 fully saturated rings. The number of nitrogens with one attached hydrogen (secondary N) is 1. The van der Waals surface area contributed by atoms with Crippen LogP contribution in [0.2, 0.25) is 0 Å². The number of halogens is 1. The summed E-state index contributed by atoms with van der Waals surface area (Å²) in [5.74, 6) is 1.75. The first kappa shape index (κ1) is 15.1. The van der Waals surface area contributed by atoms with E-state index in [1.165, 1.54) is 61.7 Å². The van der Waals surface area contributed by atoms with Crippen LogP contribution in [0, 0.1) is 11.8 Å². The zero-order valence-corrected chi connectivity index (χ0v) is 13.6. The second-order valence-corrected chi connectivity index (χ2v) is 6.76. The van der Waals surface area contributed by atoms with Gasteiger partial charge < -0.3 is 5.32 Å². The Balaban J connectivity index is 1.89. The van der Waals surface area contributed by atoms with E-state index in [9.17, 15) is 0 Å². The minimum atomic E-state index is 0.874. The third kappa shape index (κ3) is 4.92. The Hall–Kier alpha value is -0.340. The lowest BCUT2D eigenvalue weighted by molar-refractivity contribution is 0.229. The molecule has 2 atom stereocenters. The third-order valence-electron chi connectivity index (χ3n) is 4.31. The summed E-state index contributed by atoms with van der Waals surface area (Å²) in [6, 6.07) is 8.88. The van der Waals surface area contributed by atoms with Crippen LogP contribution in [0.5, 0.6) is 0 Å². The van der Waals surface area contributed by atoms with Crippen LogP contribution in [-0.4, -0.2) is 13.1 Å². The Morgan fingerprint density at radius 1 is 1.11 bits per heavy atom. The van der Waals surface area contributed by atoms with Crippen molar-refractivity contribution in [2.24, 2.45) is 11.8 Å². The van der Waals surface area contributed by atoms with E-state index in [4.69, 9.17) is 0 Å². The minimum Gasteiger partial charge on any atom is -0.316 e. The van der Waals surface area contributed by atoms with Crippen LogP contribution in [-0.2, 0) is 6.42 Å². The van der Waals surface area contributed by atoms with E-state index < -0.39 is 0 Å². The highest BCUT2D eigenvalue weighted by atomic mass is 79.9. The summed E-state index contributed by atoms with van der Waals surface area (Å²) >= 11 is 3.51. The quantitative estimate of drug-likeness (QED) is 0.741. The Kier molecular flexibility index (Phi) is 6.39. The molecule has 0 heterocycles. The summed E-state index contributed by atoms with van der Waals surface area (Å²) in [6.07, 6.45) is 8.17. The van der Waals surface area contributed by atoms with Crippen molar-refractivity contribution >= 4 is 15.9 Å². The summed E-state index contributed by atoms with van der Waals surface area (Å²) < 4.78 is 1.18. The van der Waals surface area contributed by atoms with E-state index in [1.54, 1.807) is 0 Å². The molecule has 1 aromatic carbocycles. The molecule has 0 aliphatic heterocycles. The summed E-state index contributed by atoms with van der Waals surface area (Å²) in [4.78, 5) is 0. The number of rotatable bonds is 6. The van der Waals surface area contributed by atoms with Crippen LogP contribution in [0.1, 0.15) is 44.6 Å². The molecule has 1 aliphatic carbocycles. The van der Waals surface area contributed by atoms with E-state index in [0.717, 1.165) is 11.8 Å². The van der Waals surface area contributed by atoms with Crippen LogP contribution in [0.3, 0.4) is 0 Å². The molecular weight excluding hydrogens is 298 g/mol. The maximum Gasteiger partial charge on any atom is 0.0175 e. The molecule has 2 unspecified atom stereocenters. The average Bonchev–Trinajstić information content (AvgIpc) is 2.43. The largest absolute Gasteiger partial charge is 0.316 e. The fourth-order valence-electron chi connectivity index (χ4n) is 3.21. The van der Waals surface area contributed by atoms with Gasteiger partial charge >= 0.3 is 0 Å². The van der Waals surface area contributed by atoms with Crippen molar-refractivity contribution in [1.29, 1.82) is 0 Å². The Morgan fingerprint density at radius 2 is 1.79 bits per heavy atom. The van der Waals surface area contributed by atoms with Gasteiger partial charge in [-0.1, -0.05) is 47.8 Å². The molecule has 1 aromatic rings. The second-order valence-electron chi connectivity index (χ2n) is 5.84. The predicted octanol–water partition coefficient (Wildman–Crippen LogP) is 4.80. The molecule has 19 heavy (non-hydrogen) atoms. The van der Waals surface area contributed by atoms with Gasteiger partial charge in [-0.2, -0.15) is 0 Å². The van der Waals surface area contributed by atoms with Gasteiger partial charge in [-0.3, -0.25) is 0 Å². The second kappa shape index (κ2) is 8.06. The van der Waals surface area contributed by atoms with Gasteiger partial charge in [-0.15, -0.1) is 0 Å². The Bertz CT molecular complexity index is 360. The monoisotopic (exact) mass is 323 g/mol. The molecule has 1 nitrogen and oxygen atoms in total. The molecule has 0 bridgehead atoms. The van der Waals surface area contributed by atoms with Gasteiger partial charge in [0.05, 0.1) is 0 Å². The highest BCUT2D eigenvalue weighted by Crippen LogP contribution is 2.32. The van der Waals surface area contributed by atoms with Crippen LogP contribution < -0.4 is 5.32 Å². The summed E-state index contributed by atoms with van der Waals surface area (Å²) in [5.41, 5.74) is 1.50. The molecule has 0 spiro atoms. The summed E-state index contributed by atoms with van der Waals surface area (Å²) in [6.45, 7) is 4.63. The SMILES string of the molecule is CCCNCC1CCCCC1Cc1ccc(Br)cc1. The van der Waals surface area contributed by atoms with Crippen molar-refractivity contribution < 1.29 is 0 Å². The lowest BCUT2D eigenvalue weighted by Crippen LogP contribution is -2.32. The summed E-state index contributed by atoms with van der Waals surface area (Å²) in [7, 11) is 0. The van der Waals surface area contributed by atoms with Crippen molar-refractivity contribution in [2.45, 2.75) is 45.4 Å². The van der Waals surface area contributed by atoms with Gasteiger partial charge in [-0.25, -0.2) is 0 Å². The average molecular weight is 324 g/mol. The third-order valence-corrected chi connectivity index (χ3v) is 4.84. The molecule has 1 aliphatic rings. The fraction of sp³-hybridized carbons (Fsp3) is 0.647. The van der Waals surface area contributed by atoms with Crippen molar-refractivity contribution in [2.75, 3.05) is 13.1 Å². The highest BCUT2D eigenvalue weighted by Gasteiger charge is 2.24. The Labute approximate surface area is 126 Å². The highest BCUT2D eigenvalue weighted by molar-refractivity contribution is 9.10. The molecule has 1 saturated carbocycles. The van der Waals surface area contributed by atoms with Crippen LogP contribution >= 0.6 is 15.9 Å². The first-order valence-corrected chi connectivity index (χ1v) is 8.54. The van der Waals surface area contributed by atoms with Gasteiger partial charge in [-0.05, 0) is 68.3 Å². The molecule has 1 N–H and O–H groups in total. The van der Waals surface area contributed by atoms with E-state index in [0.29, 0.717) is 0 Å². The van der Waals surface area contributed by atoms with E-state index in [1.807, 2.05) is 0 Å². The van der Waals surface area contributed by atoms with Crippen molar-refractivity contribution in [3.8, 4) is 0 Å². The van der Waals surface area contributed by atoms with Gasteiger partial charge in [0.25, 0.3) is 0 Å². The van der Waals surface area contributed by atoms with E-state index in [2.05, 4.69) is 52.4 Å². The molecule has 106 valence electrons. The number of hydrogen-bond donors (Lipinski definition) is 1. The number of hydrogen-bond acceptors (Lipinski definition) is 1. The smallest absolute Gasteiger partial charge is 0.0175 e. The van der Waals surface area contributed by atoms with Crippen LogP contribution in [0.15, 0.2) is 28.7 Å². The van der Waals surface area contributed by atoms with Crippen molar-refractivity contribution in [3.63, 3.8) is 0 Å². The molecule has 2 rings (SSSR count).